The molecule has 0 bridgehead atoms. The highest BCUT2D eigenvalue weighted by Gasteiger charge is 2.26. The van der Waals surface area contributed by atoms with Crippen LogP contribution in [0.15, 0.2) is 36.4 Å². The van der Waals surface area contributed by atoms with Crippen molar-refractivity contribution in [3.05, 3.63) is 63.9 Å². The van der Waals surface area contributed by atoms with E-state index >= 15 is 0 Å². The van der Waals surface area contributed by atoms with Crippen LogP contribution >= 0.6 is 11.6 Å². The molecule has 2 nitrogen and oxygen atoms in total. The number of fused-ring (bicyclic) bond motifs is 1. The Hall–Kier alpha value is -1.58. The van der Waals surface area contributed by atoms with Crippen LogP contribution in [0.5, 0.6) is 5.75 Å². The van der Waals surface area contributed by atoms with E-state index in [2.05, 4.69) is 4.90 Å². The lowest BCUT2D eigenvalue weighted by atomic mass is 9.87. The molecule has 1 atom stereocenters. The quantitative estimate of drug-likeness (QED) is 0.866. The molecule has 0 amide bonds. The zero-order chi connectivity index (χ0) is 15.0. The lowest BCUT2D eigenvalue weighted by Gasteiger charge is -2.22. The average molecular weight is 306 g/mol. The summed E-state index contributed by atoms with van der Waals surface area (Å²) in [5.74, 6) is -0.253. The number of hydrogen-bond acceptors (Lipinski definition) is 2. The van der Waals surface area contributed by atoms with Gasteiger partial charge in [0, 0.05) is 19.0 Å². The van der Waals surface area contributed by atoms with E-state index in [0.29, 0.717) is 10.6 Å². The van der Waals surface area contributed by atoms with Gasteiger partial charge in [-0.15, -0.1) is 0 Å². The first kappa shape index (κ1) is 14.4. The van der Waals surface area contributed by atoms with E-state index in [9.17, 15) is 9.50 Å². The molecule has 1 unspecified atom stereocenters. The van der Waals surface area contributed by atoms with E-state index in [-0.39, 0.29) is 17.5 Å². The van der Waals surface area contributed by atoms with Gasteiger partial charge in [0.15, 0.2) is 0 Å². The topological polar surface area (TPSA) is 23.5 Å². The van der Waals surface area contributed by atoms with Gasteiger partial charge in [0.25, 0.3) is 0 Å². The van der Waals surface area contributed by atoms with Crippen LogP contribution < -0.4 is 0 Å². The van der Waals surface area contributed by atoms with E-state index in [0.717, 1.165) is 30.6 Å². The van der Waals surface area contributed by atoms with Gasteiger partial charge in [0.1, 0.15) is 11.6 Å². The highest BCUT2D eigenvalue weighted by atomic mass is 35.5. The Morgan fingerprint density at radius 3 is 2.76 bits per heavy atom. The average Bonchev–Trinajstić information content (AvgIpc) is 2.61. The Balaban J connectivity index is 2.16. The smallest absolute Gasteiger partial charge is 0.134 e. The summed E-state index contributed by atoms with van der Waals surface area (Å²) in [5, 5.41) is 10.3. The highest BCUT2D eigenvalue weighted by molar-refractivity contribution is 6.32. The Labute approximate surface area is 128 Å². The van der Waals surface area contributed by atoms with Gasteiger partial charge in [0.2, 0.25) is 0 Å². The molecule has 0 saturated heterocycles. The van der Waals surface area contributed by atoms with Crippen LogP contribution in [0.3, 0.4) is 0 Å². The number of aromatic hydroxyl groups is 1. The summed E-state index contributed by atoms with van der Waals surface area (Å²) in [6.45, 7) is 1.61. The molecule has 1 aliphatic heterocycles. The minimum Gasteiger partial charge on any atom is -0.506 e. The molecule has 4 heteroatoms. The summed E-state index contributed by atoms with van der Waals surface area (Å²) in [6, 6.07) is 10.3. The lowest BCUT2D eigenvalue weighted by Crippen LogP contribution is -2.24. The maximum Gasteiger partial charge on any atom is 0.134 e. The van der Waals surface area contributed by atoms with E-state index in [1.54, 1.807) is 18.2 Å². The minimum absolute atomic E-state index is 0.0568. The number of hydrogen-bond donors (Lipinski definition) is 1. The third-order valence-electron chi connectivity index (χ3n) is 4.12. The molecule has 0 spiro atoms. The number of phenolic OH excluding ortho intramolecular Hbond substituents is 1. The molecule has 0 radical (unpaired) electrons. The molecule has 2 aromatic rings. The molecule has 2 aromatic carbocycles. The van der Waals surface area contributed by atoms with Crippen LogP contribution in [0.25, 0.3) is 0 Å². The first-order valence-corrected chi connectivity index (χ1v) is 7.38. The van der Waals surface area contributed by atoms with E-state index in [1.807, 2.05) is 19.2 Å². The highest BCUT2D eigenvalue weighted by Crippen LogP contribution is 2.37. The second-order valence-corrected chi connectivity index (χ2v) is 6.00. The van der Waals surface area contributed by atoms with Crippen molar-refractivity contribution in [3.63, 3.8) is 0 Å². The standard InChI is InChI=1S/C17H17ClFNO/c1-20-7-6-11-8-15(18)17(21)9-13(11)14(10-20)12-4-2-3-5-16(12)19/h2-5,8-9,14,21H,6-7,10H2,1H3. The number of rotatable bonds is 1. The zero-order valence-electron chi connectivity index (χ0n) is 11.8. The lowest BCUT2D eigenvalue weighted by molar-refractivity contribution is 0.335. The summed E-state index contributed by atoms with van der Waals surface area (Å²) in [7, 11) is 2.03. The molecule has 0 aromatic heterocycles. The largest absolute Gasteiger partial charge is 0.506 e. The van der Waals surface area contributed by atoms with Crippen LogP contribution in [0.4, 0.5) is 4.39 Å². The summed E-state index contributed by atoms with van der Waals surface area (Å²) in [6.07, 6.45) is 0.844. The van der Waals surface area contributed by atoms with Crippen LogP contribution in [0.1, 0.15) is 22.6 Å². The maximum absolute atomic E-state index is 14.2. The van der Waals surface area contributed by atoms with Gasteiger partial charge < -0.3 is 10.0 Å². The summed E-state index contributed by atoms with van der Waals surface area (Å²) >= 11 is 6.02. The fraction of sp³-hybridized carbons (Fsp3) is 0.294. The Kier molecular flexibility index (Phi) is 3.87. The van der Waals surface area contributed by atoms with Gasteiger partial charge in [-0.2, -0.15) is 0 Å². The van der Waals surface area contributed by atoms with Crippen LogP contribution in [-0.2, 0) is 6.42 Å². The first-order chi connectivity index (χ1) is 10.1. The second kappa shape index (κ2) is 5.66. The molecule has 0 aliphatic carbocycles. The zero-order valence-corrected chi connectivity index (χ0v) is 12.6. The van der Waals surface area contributed by atoms with Crippen molar-refractivity contribution < 1.29 is 9.50 Å². The van der Waals surface area contributed by atoms with Gasteiger partial charge in [-0.25, -0.2) is 4.39 Å². The van der Waals surface area contributed by atoms with Crippen LogP contribution in [0.2, 0.25) is 5.02 Å². The van der Waals surface area contributed by atoms with E-state index < -0.39 is 0 Å². The fourth-order valence-corrected chi connectivity index (χ4v) is 3.18. The number of phenols is 1. The normalized spacial score (nSPS) is 19.1. The molecule has 0 fully saturated rings. The fourth-order valence-electron chi connectivity index (χ4n) is 3.00. The SMILES string of the molecule is CN1CCc2cc(Cl)c(O)cc2C(c2ccccc2F)C1. The number of halogens is 2. The number of nitrogens with zero attached hydrogens (tertiary/aromatic N) is 1. The van der Waals surface area contributed by atoms with Gasteiger partial charge >= 0.3 is 0 Å². The molecular formula is C17H17ClFNO. The van der Waals surface area contributed by atoms with Crippen molar-refractivity contribution in [3.8, 4) is 5.75 Å². The Morgan fingerprint density at radius 1 is 1.24 bits per heavy atom. The minimum atomic E-state index is -0.210. The monoisotopic (exact) mass is 305 g/mol. The molecule has 1 heterocycles. The summed E-state index contributed by atoms with van der Waals surface area (Å²) < 4.78 is 14.2. The second-order valence-electron chi connectivity index (χ2n) is 5.59. The Bertz CT molecular complexity index is 674. The van der Waals surface area contributed by atoms with Gasteiger partial charge in [-0.05, 0) is 48.4 Å². The summed E-state index contributed by atoms with van der Waals surface area (Å²) in [5.41, 5.74) is 2.70. The summed E-state index contributed by atoms with van der Waals surface area (Å²) in [4.78, 5) is 2.18. The first-order valence-electron chi connectivity index (χ1n) is 7.00. The predicted molar refractivity (Wildman–Crippen MR) is 82.6 cm³/mol. The van der Waals surface area contributed by atoms with Crippen molar-refractivity contribution in [2.75, 3.05) is 20.1 Å². The van der Waals surface area contributed by atoms with Gasteiger partial charge in [0.05, 0.1) is 5.02 Å². The Morgan fingerprint density at radius 2 is 2.00 bits per heavy atom. The van der Waals surface area contributed by atoms with Crippen molar-refractivity contribution >= 4 is 11.6 Å². The third-order valence-corrected chi connectivity index (χ3v) is 4.42. The molecule has 21 heavy (non-hydrogen) atoms. The van der Waals surface area contributed by atoms with Crippen LogP contribution in [-0.4, -0.2) is 30.1 Å². The molecular weight excluding hydrogens is 289 g/mol. The molecule has 3 rings (SSSR count). The molecule has 1 N–H and O–H groups in total. The molecule has 1 aliphatic rings. The maximum atomic E-state index is 14.2. The van der Waals surface area contributed by atoms with Crippen molar-refractivity contribution in [1.82, 2.24) is 4.90 Å². The third kappa shape index (κ3) is 2.76. The van der Waals surface area contributed by atoms with Crippen LogP contribution in [0, 0.1) is 5.82 Å². The molecule has 0 saturated carbocycles. The molecule has 110 valence electrons. The van der Waals surface area contributed by atoms with E-state index in [1.165, 1.54) is 6.07 Å². The van der Waals surface area contributed by atoms with Gasteiger partial charge in [-0.1, -0.05) is 29.8 Å². The number of benzene rings is 2. The van der Waals surface area contributed by atoms with E-state index in [4.69, 9.17) is 11.6 Å². The van der Waals surface area contributed by atoms with Crippen molar-refractivity contribution in [2.45, 2.75) is 12.3 Å². The van der Waals surface area contributed by atoms with Gasteiger partial charge in [-0.3, -0.25) is 0 Å². The predicted octanol–water partition coefficient (Wildman–Crippen LogP) is 3.80. The van der Waals surface area contributed by atoms with Crippen molar-refractivity contribution in [2.24, 2.45) is 0 Å². The number of likely N-dealkylation sites (N-methyl/N-ethyl adjacent to an activating group) is 1. The van der Waals surface area contributed by atoms with Crippen molar-refractivity contribution in [1.29, 1.82) is 0 Å².